The first-order valence-corrected chi connectivity index (χ1v) is 6.82. The predicted molar refractivity (Wildman–Crippen MR) is 64.2 cm³/mol. The first kappa shape index (κ1) is 12.7. The summed E-state index contributed by atoms with van der Waals surface area (Å²) in [6.45, 7) is 3.39. The van der Waals surface area contributed by atoms with Gasteiger partial charge in [0.1, 0.15) is 0 Å². The molecule has 2 aromatic rings. The fraction of sp³-hybridized carbons (Fsp3) is 0.273. The van der Waals surface area contributed by atoms with E-state index in [4.69, 9.17) is 4.52 Å². The Morgan fingerprint density at radius 3 is 2.61 bits per heavy atom. The molecule has 1 aromatic heterocycles. The summed E-state index contributed by atoms with van der Waals surface area (Å²) in [7, 11) is -3.56. The molecular weight excluding hydrogens is 254 g/mol. The van der Waals surface area contributed by atoms with Crippen LogP contribution in [0.1, 0.15) is 17.3 Å². The maximum absolute atomic E-state index is 12.0. The van der Waals surface area contributed by atoms with Crippen molar-refractivity contribution < 1.29 is 12.9 Å². The lowest BCUT2D eigenvalue weighted by atomic mass is 10.2. The van der Waals surface area contributed by atoms with Crippen LogP contribution in [0.2, 0.25) is 0 Å². The van der Waals surface area contributed by atoms with Crippen LogP contribution in [0.25, 0.3) is 0 Å². The van der Waals surface area contributed by atoms with E-state index in [9.17, 15) is 8.42 Å². The van der Waals surface area contributed by atoms with E-state index in [-0.39, 0.29) is 17.3 Å². The quantitative estimate of drug-likeness (QED) is 0.898. The Balaban J connectivity index is 2.16. The van der Waals surface area contributed by atoms with Crippen LogP contribution in [0.3, 0.4) is 0 Å². The van der Waals surface area contributed by atoms with Crippen molar-refractivity contribution in [2.45, 2.75) is 25.3 Å². The summed E-state index contributed by atoms with van der Waals surface area (Å²) in [5, 5.41) is 3.59. The van der Waals surface area contributed by atoms with Crippen LogP contribution in [0.5, 0.6) is 0 Å². The highest BCUT2D eigenvalue weighted by Gasteiger charge is 2.17. The van der Waals surface area contributed by atoms with Gasteiger partial charge < -0.3 is 4.52 Å². The van der Waals surface area contributed by atoms with E-state index in [1.807, 2.05) is 0 Å². The zero-order chi connectivity index (χ0) is 13.2. The highest BCUT2D eigenvalue weighted by atomic mass is 32.2. The lowest BCUT2D eigenvalue weighted by Gasteiger charge is -2.07. The second kappa shape index (κ2) is 4.87. The molecule has 0 radical (unpaired) electrons. The fourth-order valence-electron chi connectivity index (χ4n) is 1.50. The number of sulfonamides is 1. The molecule has 6 nitrogen and oxygen atoms in total. The SMILES string of the molecule is Cc1noc(CNS(=O)(=O)c2ccccc2C)n1. The minimum atomic E-state index is -3.56. The van der Waals surface area contributed by atoms with Crippen molar-refractivity contribution in [3.8, 4) is 0 Å². The molecule has 18 heavy (non-hydrogen) atoms. The van der Waals surface area contributed by atoms with Gasteiger partial charge in [-0.05, 0) is 25.5 Å². The average molecular weight is 267 g/mol. The summed E-state index contributed by atoms with van der Waals surface area (Å²) in [6.07, 6.45) is 0. The van der Waals surface area contributed by atoms with Gasteiger partial charge in [0.05, 0.1) is 11.4 Å². The minimum absolute atomic E-state index is 0.0164. The highest BCUT2D eigenvalue weighted by molar-refractivity contribution is 7.89. The maximum Gasteiger partial charge on any atom is 0.241 e. The Kier molecular flexibility index (Phi) is 3.44. The van der Waals surface area contributed by atoms with E-state index < -0.39 is 10.0 Å². The van der Waals surface area contributed by atoms with Gasteiger partial charge in [-0.1, -0.05) is 23.4 Å². The molecular formula is C11H13N3O3S. The number of hydrogen-bond acceptors (Lipinski definition) is 5. The molecule has 0 aliphatic rings. The standard InChI is InChI=1S/C11H13N3O3S/c1-8-5-3-4-6-10(8)18(15,16)12-7-11-13-9(2)14-17-11/h3-6,12H,7H2,1-2H3. The van der Waals surface area contributed by atoms with E-state index in [1.165, 1.54) is 0 Å². The van der Waals surface area contributed by atoms with Crippen molar-refractivity contribution in [2.75, 3.05) is 0 Å². The summed E-state index contributed by atoms with van der Waals surface area (Å²) >= 11 is 0. The Labute approximate surface area is 105 Å². The van der Waals surface area contributed by atoms with Gasteiger partial charge in [0, 0.05) is 0 Å². The zero-order valence-corrected chi connectivity index (χ0v) is 10.9. The van der Waals surface area contributed by atoms with Crippen LogP contribution >= 0.6 is 0 Å². The van der Waals surface area contributed by atoms with Crippen LogP contribution in [-0.2, 0) is 16.6 Å². The largest absolute Gasteiger partial charge is 0.338 e. The second-order valence-corrected chi connectivity index (χ2v) is 5.56. The second-order valence-electron chi connectivity index (χ2n) is 3.83. The maximum atomic E-state index is 12.0. The Morgan fingerprint density at radius 1 is 1.28 bits per heavy atom. The van der Waals surface area contributed by atoms with E-state index >= 15 is 0 Å². The topological polar surface area (TPSA) is 85.1 Å². The van der Waals surface area contributed by atoms with Crippen LogP contribution < -0.4 is 4.72 Å². The van der Waals surface area contributed by atoms with E-state index in [0.29, 0.717) is 11.4 Å². The van der Waals surface area contributed by atoms with Crippen molar-refractivity contribution in [1.29, 1.82) is 0 Å². The molecule has 1 heterocycles. The molecule has 1 aromatic carbocycles. The third-order valence-electron chi connectivity index (χ3n) is 2.37. The minimum Gasteiger partial charge on any atom is -0.338 e. The van der Waals surface area contributed by atoms with Crippen LogP contribution in [0.15, 0.2) is 33.7 Å². The van der Waals surface area contributed by atoms with E-state index in [0.717, 1.165) is 0 Å². The van der Waals surface area contributed by atoms with Crippen molar-refractivity contribution in [1.82, 2.24) is 14.9 Å². The lowest BCUT2D eigenvalue weighted by molar-refractivity contribution is 0.372. The van der Waals surface area contributed by atoms with Gasteiger partial charge in [-0.25, -0.2) is 13.1 Å². The van der Waals surface area contributed by atoms with Crippen molar-refractivity contribution >= 4 is 10.0 Å². The average Bonchev–Trinajstić information content (AvgIpc) is 2.73. The molecule has 0 amide bonds. The zero-order valence-electron chi connectivity index (χ0n) is 10.0. The molecule has 0 bridgehead atoms. The van der Waals surface area contributed by atoms with Gasteiger partial charge in [0.25, 0.3) is 0 Å². The van der Waals surface area contributed by atoms with Crippen molar-refractivity contribution in [3.63, 3.8) is 0 Å². The molecule has 0 unspecified atom stereocenters. The van der Waals surface area contributed by atoms with E-state index in [2.05, 4.69) is 14.9 Å². The number of hydrogen-bond donors (Lipinski definition) is 1. The van der Waals surface area contributed by atoms with Gasteiger partial charge in [0.15, 0.2) is 5.82 Å². The fourth-order valence-corrected chi connectivity index (χ4v) is 2.72. The third-order valence-corrected chi connectivity index (χ3v) is 3.93. The Morgan fingerprint density at radius 2 is 2.00 bits per heavy atom. The molecule has 0 aliphatic heterocycles. The molecule has 7 heteroatoms. The Hall–Kier alpha value is -1.73. The van der Waals surface area contributed by atoms with Crippen LogP contribution in [-0.4, -0.2) is 18.6 Å². The molecule has 1 N–H and O–H groups in total. The summed E-state index contributed by atoms with van der Waals surface area (Å²) < 4.78 is 31.3. The van der Waals surface area contributed by atoms with Gasteiger partial charge >= 0.3 is 0 Å². The number of aromatic nitrogens is 2. The van der Waals surface area contributed by atoms with Crippen LogP contribution in [0.4, 0.5) is 0 Å². The molecule has 0 saturated heterocycles. The number of rotatable bonds is 4. The first-order chi connectivity index (χ1) is 8.49. The summed E-state index contributed by atoms with van der Waals surface area (Å²) in [5.74, 6) is 0.713. The van der Waals surface area contributed by atoms with E-state index in [1.54, 1.807) is 38.1 Å². The van der Waals surface area contributed by atoms with Gasteiger partial charge in [-0.15, -0.1) is 0 Å². The molecule has 0 saturated carbocycles. The molecule has 0 fully saturated rings. The first-order valence-electron chi connectivity index (χ1n) is 5.33. The third kappa shape index (κ3) is 2.74. The summed E-state index contributed by atoms with van der Waals surface area (Å²) in [4.78, 5) is 4.18. The molecule has 96 valence electrons. The van der Waals surface area contributed by atoms with Gasteiger partial charge in [-0.2, -0.15) is 4.98 Å². The number of nitrogens with zero attached hydrogens (tertiary/aromatic N) is 2. The summed E-state index contributed by atoms with van der Waals surface area (Å²) in [6, 6.07) is 6.76. The normalized spacial score (nSPS) is 11.7. The number of nitrogens with one attached hydrogen (secondary N) is 1. The molecule has 0 atom stereocenters. The lowest BCUT2D eigenvalue weighted by Crippen LogP contribution is -2.24. The number of benzene rings is 1. The predicted octanol–water partition coefficient (Wildman–Crippen LogP) is 1.16. The van der Waals surface area contributed by atoms with Crippen LogP contribution in [0, 0.1) is 13.8 Å². The number of aryl methyl sites for hydroxylation is 2. The van der Waals surface area contributed by atoms with Crippen molar-refractivity contribution in [3.05, 3.63) is 41.5 Å². The summed E-state index contributed by atoms with van der Waals surface area (Å²) in [5.41, 5.74) is 0.687. The monoisotopic (exact) mass is 267 g/mol. The molecule has 0 aliphatic carbocycles. The molecule has 0 spiro atoms. The highest BCUT2D eigenvalue weighted by Crippen LogP contribution is 2.14. The smallest absolute Gasteiger partial charge is 0.241 e. The van der Waals surface area contributed by atoms with Gasteiger partial charge in [-0.3, -0.25) is 0 Å². The Bertz CT molecular complexity index is 649. The molecule has 2 rings (SSSR count). The van der Waals surface area contributed by atoms with Crippen molar-refractivity contribution in [2.24, 2.45) is 0 Å². The van der Waals surface area contributed by atoms with Gasteiger partial charge in [0.2, 0.25) is 15.9 Å².